The number of aromatic nitrogens is 3. The Hall–Kier alpha value is -2.70. The average Bonchev–Trinajstić information content (AvgIpc) is 2.92. The summed E-state index contributed by atoms with van der Waals surface area (Å²) < 4.78 is 4.62. The number of hydrogen-bond donors (Lipinski definition) is 2. The van der Waals surface area contributed by atoms with Crippen LogP contribution >= 0.6 is 0 Å². The predicted octanol–water partition coefficient (Wildman–Crippen LogP) is 0.844. The second kappa shape index (κ2) is 5.09. The third kappa shape index (κ3) is 2.34. The van der Waals surface area contributed by atoms with Gasteiger partial charge in [0.1, 0.15) is 6.33 Å². The minimum Gasteiger partial charge on any atom is -0.465 e. The molecule has 2 aromatic rings. The number of methoxy groups -OCH3 is 1. The summed E-state index contributed by atoms with van der Waals surface area (Å²) in [6.45, 7) is 0. The maximum absolute atomic E-state index is 11.7. The second-order valence-electron chi connectivity index (χ2n) is 3.33. The third-order valence-electron chi connectivity index (χ3n) is 2.21. The van der Waals surface area contributed by atoms with E-state index in [1.54, 1.807) is 24.3 Å². The van der Waals surface area contributed by atoms with E-state index in [2.05, 4.69) is 25.2 Å². The van der Waals surface area contributed by atoms with Crippen LogP contribution in [0.25, 0.3) is 0 Å². The fourth-order valence-electron chi connectivity index (χ4n) is 1.38. The van der Waals surface area contributed by atoms with Crippen LogP contribution in [-0.4, -0.2) is 34.2 Å². The van der Waals surface area contributed by atoms with E-state index in [1.807, 2.05) is 0 Å². The van der Waals surface area contributed by atoms with Gasteiger partial charge in [-0.3, -0.25) is 9.89 Å². The van der Waals surface area contributed by atoms with Crippen molar-refractivity contribution in [3.63, 3.8) is 0 Å². The van der Waals surface area contributed by atoms with Gasteiger partial charge in [-0.1, -0.05) is 12.1 Å². The zero-order valence-corrected chi connectivity index (χ0v) is 9.51. The molecule has 7 heteroatoms. The lowest BCUT2D eigenvalue weighted by atomic mass is 10.2. The summed E-state index contributed by atoms with van der Waals surface area (Å²) in [5.74, 6) is -0.943. The highest BCUT2D eigenvalue weighted by molar-refractivity contribution is 6.06. The normalized spacial score (nSPS) is 9.83. The number of aromatic amines is 1. The van der Waals surface area contributed by atoms with E-state index in [9.17, 15) is 9.59 Å². The van der Waals surface area contributed by atoms with Crippen molar-refractivity contribution in [2.24, 2.45) is 0 Å². The Kier molecular flexibility index (Phi) is 3.33. The maximum Gasteiger partial charge on any atom is 0.339 e. The quantitative estimate of drug-likeness (QED) is 0.782. The van der Waals surface area contributed by atoms with Gasteiger partial charge >= 0.3 is 5.97 Å². The van der Waals surface area contributed by atoms with Gasteiger partial charge in [-0.2, -0.15) is 5.10 Å². The molecule has 7 nitrogen and oxygen atoms in total. The van der Waals surface area contributed by atoms with Crippen molar-refractivity contribution < 1.29 is 14.3 Å². The van der Waals surface area contributed by atoms with Gasteiger partial charge in [-0.25, -0.2) is 9.78 Å². The number of para-hydroxylation sites is 1. The number of carbonyl (C=O) groups excluding carboxylic acids is 2. The molecule has 1 amide bonds. The first-order valence-corrected chi connectivity index (χ1v) is 5.06. The molecule has 2 N–H and O–H groups in total. The minimum absolute atomic E-state index is 0.0645. The molecule has 0 aliphatic heterocycles. The maximum atomic E-state index is 11.7. The molecule has 18 heavy (non-hydrogen) atoms. The number of nitrogens with one attached hydrogen (secondary N) is 2. The number of anilines is 1. The van der Waals surface area contributed by atoms with Crippen molar-refractivity contribution in [3.05, 3.63) is 42.0 Å². The first-order valence-electron chi connectivity index (χ1n) is 5.06. The standard InChI is InChI=1S/C11H10N4O3/c1-18-11(17)7-4-2-3-5-8(7)14-10(16)9-12-6-13-15-9/h2-6H,1H3,(H,14,16)(H,12,13,15). The van der Waals surface area contributed by atoms with Crippen LogP contribution in [0, 0.1) is 0 Å². The van der Waals surface area contributed by atoms with Crippen LogP contribution < -0.4 is 5.32 Å². The molecule has 0 saturated carbocycles. The third-order valence-corrected chi connectivity index (χ3v) is 2.21. The zero-order valence-electron chi connectivity index (χ0n) is 9.51. The van der Waals surface area contributed by atoms with Gasteiger partial charge in [-0.15, -0.1) is 0 Å². The number of hydrogen-bond acceptors (Lipinski definition) is 5. The zero-order chi connectivity index (χ0) is 13.0. The summed E-state index contributed by atoms with van der Waals surface area (Å²) >= 11 is 0. The summed E-state index contributed by atoms with van der Waals surface area (Å²) in [5.41, 5.74) is 0.624. The minimum atomic E-state index is -0.525. The molecule has 0 aliphatic rings. The number of benzene rings is 1. The van der Waals surface area contributed by atoms with Crippen LogP contribution in [0.2, 0.25) is 0 Å². The summed E-state index contributed by atoms with van der Waals surface area (Å²) in [6.07, 6.45) is 1.22. The van der Waals surface area contributed by atoms with Crippen molar-refractivity contribution in [3.8, 4) is 0 Å². The molecule has 0 saturated heterocycles. The number of amides is 1. The summed E-state index contributed by atoms with van der Waals surface area (Å²) in [6, 6.07) is 6.53. The van der Waals surface area contributed by atoms with Crippen LogP contribution in [0.5, 0.6) is 0 Å². The smallest absolute Gasteiger partial charge is 0.339 e. The molecule has 92 valence electrons. The molecule has 1 heterocycles. The Morgan fingerprint density at radius 1 is 1.33 bits per heavy atom. The topological polar surface area (TPSA) is 97.0 Å². The monoisotopic (exact) mass is 246 g/mol. The van der Waals surface area contributed by atoms with E-state index in [4.69, 9.17) is 0 Å². The van der Waals surface area contributed by atoms with Crippen LogP contribution in [0.3, 0.4) is 0 Å². The van der Waals surface area contributed by atoms with Crippen LogP contribution in [0.15, 0.2) is 30.6 Å². The van der Waals surface area contributed by atoms with Gasteiger partial charge < -0.3 is 10.1 Å². The molecule has 1 aromatic heterocycles. The van der Waals surface area contributed by atoms with E-state index in [1.165, 1.54) is 13.4 Å². The Morgan fingerprint density at radius 2 is 2.11 bits per heavy atom. The Bertz CT molecular complexity index is 565. The van der Waals surface area contributed by atoms with Gasteiger partial charge in [0, 0.05) is 0 Å². The SMILES string of the molecule is COC(=O)c1ccccc1NC(=O)c1ncn[nH]1. The number of carbonyl (C=O) groups is 2. The molecule has 0 fully saturated rings. The Labute approximate surface area is 102 Å². The Morgan fingerprint density at radius 3 is 2.78 bits per heavy atom. The van der Waals surface area contributed by atoms with E-state index in [-0.39, 0.29) is 11.4 Å². The molecule has 0 radical (unpaired) electrons. The van der Waals surface area contributed by atoms with Crippen LogP contribution in [0.4, 0.5) is 5.69 Å². The molecule has 1 aromatic carbocycles. The molecular formula is C11H10N4O3. The molecular weight excluding hydrogens is 236 g/mol. The molecule has 0 aliphatic carbocycles. The first kappa shape index (κ1) is 11.8. The summed E-state index contributed by atoms with van der Waals surface area (Å²) in [7, 11) is 1.28. The predicted molar refractivity (Wildman–Crippen MR) is 62.1 cm³/mol. The van der Waals surface area contributed by atoms with Gasteiger partial charge in [-0.05, 0) is 12.1 Å². The Balaban J connectivity index is 2.24. The van der Waals surface area contributed by atoms with Gasteiger partial charge in [0.25, 0.3) is 5.91 Å². The van der Waals surface area contributed by atoms with Crippen LogP contribution in [0.1, 0.15) is 21.0 Å². The largest absolute Gasteiger partial charge is 0.465 e. The number of H-pyrrole nitrogens is 1. The van der Waals surface area contributed by atoms with Crippen molar-refractivity contribution in [2.45, 2.75) is 0 Å². The summed E-state index contributed by atoms with van der Waals surface area (Å²) in [5, 5.41) is 8.56. The summed E-state index contributed by atoms with van der Waals surface area (Å²) in [4.78, 5) is 26.9. The van der Waals surface area contributed by atoms with Crippen molar-refractivity contribution in [1.82, 2.24) is 15.2 Å². The molecule has 0 atom stereocenters. The van der Waals surface area contributed by atoms with Crippen LogP contribution in [-0.2, 0) is 4.74 Å². The van der Waals surface area contributed by atoms with E-state index in [0.29, 0.717) is 5.69 Å². The highest BCUT2D eigenvalue weighted by Gasteiger charge is 2.15. The lowest BCUT2D eigenvalue weighted by Gasteiger charge is -2.07. The van der Waals surface area contributed by atoms with Gasteiger partial charge in [0.2, 0.25) is 5.82 Å². The van der Waals surface area contributed by atoms with Gasteiger partial charge in [0.15, 0.2) is 0 Å². The fourth-order valence-corrected chi connectivity index (χ4v) is 1.38. The average molecular weight is 246 g/mol. The van der Waals surface area contributed by atoms with Crippen molar-refractivity contribution >= 4 is 17.6 Å². The highest BCUT2D eigenvalue weighted by atomic mass is 16.5. The van der Waals surface area contributed by atoms with E-state index in [0.717, 1.165) is 0 Å². The van der Waals surface area contributed by atoms with E-state index < -0.39 is 11.9 Å². The lowest BCUT2D eigenvalue weighted by Crippen LogP contribution is -2.16. The first-order chi connectivity index (χ1) is 8.72. The molecule has 0 bridgehead atoms. The van der Waals surface area contributed by atoms with E-state index >= 15 is 0 Å². The fraction of sp³-hybridized carbons (Fsp3) is 0.0909. The van der Waals surface area contributed by atoms with Crippen molar-refractivity contribution in [1.29, 1.82) is 0 Å². The molecule has 2 rings (SSSR count). The lowest BCUT2D eigenvalue weighted by molar-refractivity contribution is 0.0602. The highest BCUT2D eigenvalue weighted by Crippen LogP contribution is 2.16. The van der Waals surface area contributed by atoms with Crippen molar-refractivity contribution in [2.75, 3.05) is 12.4 Å². The number of esters is 1. The van der Waals surface area contributed by atoms with Gasteiger partial charge in [0.05, 0.1) is 18.4 Å². The molecule has 0 spiro atoms. The second-order valence-corrected chi connectivity index (χ2v) is 3.33. The number of rotatable bonds is 3. The molecule has 0 unspecified atom stereocenters. The number of ether oxygens (including phenoxy) is 1. The number of nitrogens with zero attached hydrogens (tertiary/aromatic N) is 2.